The summed E-state index contributed by atoms with van der Waals surface area (Å²) in [6.07, 6.45) is 1.87. The molecule has 0 amide bonds. The molecule has 1 N–H and O–H groups in total. The highest BCUT2D eigenvalue weighted by atomic mass is 16.5. The number of hydrogen-bond acceptors (Lipinski definition) is 3. The van der Waals surface area contributed by atoms with Crippen LogP contribution in [0.4, 0.5) is 0 Å². The number of para-hydroxylation sites is 3. The lowest BCUT2D eigenvalue weighted by molar-refractivity contribution is 0.297. The lowest BCUT2D eigenvalue weighted by Gasteiger charge is -2.11. The van der Waals surface area contributed by atoms with Gasteiger partial charge in [0.25, 0.3) is 0 Å². The molecule has 0 saturated heterocycles. The first-order valence-corrected chi connectivity index (χ1v) is 7.13. The number of nitrogens with zero attached hydrogens (tertiary/aromatic N) is 2. The molecule has 0 aliphatic carbocycles. The number of rotatable bonds is 6. The minimum Gasteiger partial charge on any atom is -0.491 e. The molecule has 1 aromatic heterocycles. The van der Waals surface area contributed by atoms with E-state index in [4.69, 9.17) is 4.74 Å². The van der Waals surface area contributed by atoms with E-state index in [2.05, 4.69) is 27.0 Å². The van der Waals surface area contributed by atoms with Gasteiger partial charge in [-0.05, 0) is 25.2 Å². The summed E-state index contributed by atoms with van der Waals surface area (Å²) < 4.78 is 8.04. The molecule has 0 fully saturated rings. The molecule has 0 aliphatic heterocycles. The normalized spacial score (nSPS) is 10.9. The first kappa shape index (κ1) is 13.6. The molecule has 0 radical (unpaired) electrons. The lowest BCUT2D eigenvalue weighted by Crippen LogP contribution is -2.11. The Kier molecular flexibility index (Phi) is 4.17. The van der Waals surface area contributed by atoms with Crippen molar-refractivity contribution in [3.63, 3.8) is 0 Å². The van der Waals surface area contributed by atoms with Gasteiger partial charge in [-0.2, -0.15) is 0 Å². The van der Waals surface area contributed by atoms with Crippen molar-refractivity contribution in [2.45, 2.75) is 13.1 Å². The van der Waals surface area contributed by atoms with Crippen LogP contribution in [-0.4, -0.2) is 23.2 Å². The van der Waals surface area contributed by atoms with Gasteiger partial charge >= 0.3 is 0 Å². The largest absolute Gasteiger partial charge is 0.491 e. The molecule has 108 valence electrons. The molecule has 4 heteroatoms. The van der Waals surface area contributed by atoms with Crippen LogP contribution in [0.2, 0.25) is 0 Å². The Morgan fingerprint density at radius 3 is 2.81 bits per heavy atom. The van der Waals surface area contributed by atoms with Crippen LogP contribution in [-0.2, 0) is 13.1 Å². The summed E-state index contributed by atoms with van der Waals surface area (Å²) in [5, 5.41) is 3.16. The fraction of sp³-hybridized carbons (Fsp3) is 0.235. The zero-order valence-corrected chi connectivity index (χ0v) is 12.1. The molecule has 1 heterocycles. The topological polar surface area (TPSA) is 39.1 Å². The maximum atomic E-state index is 5.92. The SMILES string of the molecule is CNCc1ccccc1OCCn1cnc2ccccc21. The summed E-state index contributed by atoms with van der Waals surface area (Å²) in [5.41, 5.74) is 3.34. The van der Waals surface area contributed by atoms with E-state index in [-0.39, 0.29) is 0 Å². The number of aromatic nitrogens is 2. The minimum atomic E-state index is 0.626. The van der Waals surface area contributed by atoms with E-state index in [1.807, 2.05) is 49.8 Å². The van der Waals surface area contributed by atoms with Crippen molar-refractivity contribution in [2.24, 2.45) is 0 Å². The van der Waals surface area contributed by atoms with E-state index in [9.17, 15) is 0 Å². The molecule has 0 atom stereocenters. The molecule has 0 unspecified atom stereocenters. The third kappa shape index (κ3) is 3.06. The number of imidazole rings is 1. The van der Waals surface area contributed by atoms with E-state index in [0.717, 1.165) is 29.9 Å². The van der Waals surface area contributed by atoms with Gasteiger partial charge in [0.2, 0.25) is 0 Å². The maximum Gasteiger partial charge on any atom is 0.123 e. The van der Waals surface area contributed by atoms with Gasteiger partial charge in [-0.15, -0.1) is 0 Å². The lowest BCUT2D eigenvalue weighted by atomic mass is 10.2. The number of benzene rings is 2. The van der Waals surface area contributed by atoms with Crippen molar-refractivity contribution in [2.75, 3.05) is 13.7 Å². The quantitative estimate of drug-likeness (QED) is 0.755. The minimum absolute atomic E-state index is 0.626. The van der Waals surface area contributed by atoms with E-state index >= 15 is 0 Å². The average Bonchev–Trinajstić information content (AvgIpc) is 2.93. The fourth-order valence-electron chi connectivity index (χ4n) is 2.42. The smallest absolute Gasteiger partial charge is 0.123 e. The van der Waals surface area contributed by atoms with E-state index in [0.29, 0.717) is 6.61 Å². The van der Waals surface area contributed by atoms with Crippen LogP contribution < -0.4 is 10.1 Å². The third-order valence-electron chi connectivity index (χ3n) is 3.46. The van der Waals surface area contributed by atoms with E-state index in [1.165, 1.54) is 5.56 Å². The molecule has 2 aromatic carbocycles. The highest BCUT2D eigenvalue weighted by Gasteiger charge is 2.04. The van der Waals surface area contributed by atoms with Gasteiger partial charge in [0.15, 0.2) is 0 Å². The number of hydrogen-bond donors (Lipinski definition) is 1. The highest BCUT2D eigenvalue weighted by molar-refractivity contribution is 5.74. The van der Waals surface area contributed by atoms with Gasteiger partial charge in [-0.25, -0.2) is 4.98 Å². The van der Waals surface area contributed by atoms with Crippen molar-refractivity contribution in [1.82, 2.24) is 14.9 Å². The predicted octanol–water partition coefficient (Wildman–Crippen LogP) is 2.83. The first-order valence-electron chi connectivity index (χ1n) is 7.13. The average molecular weight is 281 g/mol. The Morgan fingerprint density at radius 2 is 1.90 bits per heavy atom. The Morgan fingerprint density at radius 1 is 1.10 bits per heavy atom. The van der Waals surface area contributed by atoms with Crippen LogP contribution >= 0.6 is 0 Å². The van der Waals surface area contributed by atoms with E-state index < -0.39 is 0 Å². The van der Waals surface area contributed by atoms with Crippen molar-refractivity contribution >= 4 is 11.0 Å². The second-order valence-electron chi connectivity index (χ2n) is 4.91. The fourth-order valence-corrected chi connectivity index (χ4v) is 2.42. The third-order valence-corrected chi connectivity index (χ3v) is 3.46. The summed E-state index contributed by atoms with van der Waals surface area (Å²) in [6, 6.07) is 16.3. The molecule has 4 nitrogen and oxygen atoms in total. The predicted molar refractivity (Wildman–Crippen MR) is 84.4 cm³/mol. The molecule has 3 aromatic rings. The van der Waals surface area contributed by atoms with Crippen LogP contribution in [0.1, 0.15) is 5.56 Å². The Balaban J connectivity index is 1.66. The maximum absolute atomic E-state index is 5.92. The van der Waals surface area contributed by atoms with Gasteiger partial charge in [-0.1, -0.05) is 30.3 Å². The first-order chi connectivity index (χ1) is 10.4. The molecule has 0 bridgehead atoms. The second-order valence-corrected chi connectivity index (χ2v) is 4.91. The summed E-state index contributed by atoms with van der Waals surface area (Å²) >= 11 is 0. The van der Waals surface area contributed by atoms with Crippen LogP contribution in [0.15, 0.2) is 54.9 Å². The zero-order valence-electron chi connectivity index (χ0n) is 12.1. The van der Waals surface area contributed by atoms with Gasteiger partial charge in [0.05, 0.1) is 23.9 Å². The van der Waals surface area contributed by atoms with Crippen molar-refractivity contribution in [3.05, 3.63) is 60.4 Å². The number of ether oxygens (including phenoxy) is 1. The molecular formula is C17H19N3O. The molecule has 0 spiro atoms. The zero-order chi connectivity index (χ0) is 14.5. The Bertz CT molecular complexity index is 721. The van der Waals surface area contributed by atoms with Gasteiger partial charge in [0, 0.05) is 12.1 Å². The summed E-state index contributed by atoms with van der Waals surface area (Å²) in [6.45, 7) is 2.22. The molecule has 21 heavy (non-hydrogen) atoms. The second kappa shape index (κ2) is 6.41. The van der Waals surface area contributed by atoms with Gasteiger partial charge < -0.3 is 14.6 Å². The number of fused-ring (bicyclic) bond motifs is 1. The molecule has 3 rings (SSSR count). The molecule has 0 saturated carbocycles. The highest BCUT2D eigenvalue weighted by Crippen LogP contribution is 2.18. The van der Waals surface area contributed by atoms with Crippen molar-refractivity contribution in [1.29, 1.82) is 0 Å². The van der Waals surface area contributed by atoms with Crippen LogP contribution in [0.5, 0.6) is 5.75 Å². The van der Waals surface area contributed by atoms with Crippen molar-refractivity contribution < 1.29 is 4.74 Å². The molecular weight excluding hydrogens is 262 g/mol. The Hall–Kier alpha value is -2.33. The van der Waals surface area contributed by atoms with Crippen LogP contribution in [0.25, 0.3) is 11.0 Å². The standard InChI is InChI=1S/C17H19N3O/c1-18-12-14-6-2-5-9-17(14)21-11-10-20-13-19-15-7-3-4-8-16(15)20/h2-9,13,18H,10-12H2,1H3. The van der Waals surface area contributed by atoms with Crippen LogP contribution in [0, 0.1) is 0 Å². The summed E-state index contributed by atoms with van der Waals surface area (Å²) in [4.78, 5) is 4.39. The van der Waals surface area contributed by atoms with Crippen molar-refractivity contribution in [3.8, 4) is 5.75 Å². The molecule has 0 aliphatic rings. The van der Waals surface area contributed by atoms with Crippen LogP contribution in [0.3, 0.4) is 0 Å². The van der Waals surface area contributed by atoms with Gasteiger partial charge in [0.1, 0.15) is 12.4 Å². The number of nitrogens with one attached hydrogen (secondary N) is 1. The monoisotopic (exact) mass is 281 g/mol. The Labute approximate surface area is 124 Å². The summed E-state index contributed by atoms with van der Waals surface area (Å²) in [7, 11) is 1.94. The summed E-state index contributed by atoms with van der Waals surface area (Å²) in [5.74, 6) is 0.941. The van der Waals surface area contributed by atoms with Gasteiger partial charge in [-0.3, -0.25) is 0 Å². The van der Waals surface area contributed by atoms with E-state index in [1.54, 1.807) is 0 Å².